The molecule has 0 radical (unpaired) electrons. The maximum Gasteiger partial charge on any atom is -0.00106 e. The number of rotatable bonds is 6. The number of benzene rings is 2. The van der Waals surface area contributed by atoms with Gasteiger partial charge in [0.15, 0.2) is 0 Å². The maximum atomic E-state index is 2.41. The molecule has 0 spiro atoms. The van der Waals surface area contributed by atoms with Crippen molar-refractivity contribution >= 4 is 0 Å². The summed E-state index contributed by atoms with van der Waals surface area (Å²) in [5, 5.41) is 0. The van der Waals surface area contributed by atoms with Gasteiger partial charge in [0, 0.05) is 0 Å². The second kappa shape index (κ2) is 6.47. The van der Waals surface area contributed by atoms with Crippen LogP contribution in [-0.2, 0) is 6.42 Å². The largest absolute Gasteiger partial charge is 0.0654 e. The minimum Gasteiger partial charge on any atom is -0.0654 e. The van der Waals surface area contributed by atoms with Crippen LogP contribution in [0.4, 0.5) is 0 Å². The highest BCUT2D eigenvalue weighted by Gasteiger charge is 2.22. The lowest BCUT2D eigenvalue weighted by Gasteiger charge is -2.16. The molecule has 0 aromatic heterocycles. The van der Waals surface area contributed by atoms with Crippen molar-refractivity contribution < 1.29 is 0 Å². The van der Waals surface area contributed by atoms with E-state index in [2.05, 4.69) is 56.3 Å². The molecule has 1 unspecified atom stereocenters. The van der Waals surface area contributed by atoms with Gasteiger partial charge in [-0.15, -0.1) is 0 Å². The maximum absolute atomic E-state index is 2.41. The summed E-state index contributed by atoms with van der Waals surface area (Å²) < 4.78 is 0. The summed E-state index contributed by atoms with van der Waals surface area (Å²) in [5.74, 6) is 0.686. The van der Waals surface area contributed by atoms with Crippen molar-refractivity contribution in [2.24, 2.45) is 0 Å². The van der Waals surface area contributed by atoms with Gasteiger partial charge in [-0.3, -0.25) is 0 Å². The Morgan fingerprint density at radius 2 is 1.71 bits per heavy atom. The van der Waals surface area contributed by atoms with Gasteiger partial charge in [0.05, 0.1) is 0 Å². The van der Waals surface area contributed by atoms with E-state index in [0.717, 1.165) is 6.42 Å². The van der Waals surface area contributed by atoms with Crippen LogP contribution in [0.15, 0.2) is 42.5 Å². The van der Waals surface area contributed by atoms with E-state index in [1.54, 1.807) is 11.1 Å². The van der Waals surface area contributed by atoms with Crippen LogP contribution >= 0.6 is 0 Å². The molecule has 0 fully saturated rings. The molecular weight excluding hydrogens is 252 g/mol. The smallest absolute Gasteiger partial charge is 0.00106 e. The van der Waals surface area contributed by atoms with Crippen LogP contribution in [0.2, 0.25) is 0 Å². The van der Waals surface area contributed by atoms with Crippen molar-refractivity contribution in [1.82, 2.24) is 0 Å². The van der Waals surface area contributed by atoms with Crippen molar-refractivity contribution in [3.8, 4) is 11.1 Å². The third-order valence-corrected chi connectivity index (χ3v) is 4.91. The van der Waals surface area contributed by atoms with Crippen LogP contribution in [0.3, 0.4) is 0 Å². The molecule has 3 rings (SSSR count). The Balaban J connectivity index is 1.80. The molecule has 1 aliphatic carbocycles. The van der Waals surface area contributed by atoms with Crippen molar-refractivity contribution in [3.63, 3.8) is 0 Å². The highest BCUT2D eigenvalue weighted by molar-refractivity contribution is 5.78. The lowest BCUT2D eigenvalue weighted by molar-refractivity contribution is 0.578. The van der Waals surface area contributed by atoms with Gasteiger partial charge in [0.2, 0.25) is 0 Å². The lowest BCUT2D eigenvalue weighted by atomic mass is 9.89. The summed E-state index contributed by atoms with van der Waals surface area (Å²) >= 11 is 0. The van der Waals surface area contributed by atoms with E-state index < -0.39 is 0 Å². The minimum absolute atomic E-state index is 0.686. The topological polar surface area (TPSA) is 0 Å². The summed E-state index contributed by atoms with van der Waals surface area (Å²) in [6.07, 6.45) is 7.91. The van der Waals surface area contributed by atoms with Gasteiger partial charge in [-0.1, -0.05) is 82.0 Å². The second-order valence-electron chi connectivity index (χ2n) is 6.46. The fraction of sp³-hybridized carbons (Fsp3) is 0.429. The average molecular weight is 278 g/mol. The number of unbranched alkanes of at least 4 members (excludes halogenated alkanes) is 3. The molecule has 0 amide bonds. The fourth-order valence-electron chi connectivity index (χ4n) is 3.68. The normalized spacial score (nSPS) is 13.8. The Bertz CT molecular complexity index is 609. The Kier molecular flexibility index (Phi) is 4.43. The van der Waals surface area contributed by atoms with Crippen molar-refractivity contribution in [2.75, 3.05) is 0 Å². The van der Waals surface area contributed by atoms with Crippen LogP contribution in [0.25, 0.3) is 11.1 Å². The fourth-order valence-corrected chi connectivity index (χ4v) is 3.68. The van der Waals surface area contributed by atoms with E-state index in [9.17, 15) is 0 Å². The third-order valence-electron chi connectivity index (χ3n) is 4.91. The zero-order chi connectivity index (χ0) is 14.7. The van der Waals surface area contributed by atoms with Crippen molar-refractivity contribution in [3.05, 3.63) is 59.2 Å². The second-order valence-corrected chi connectivity index (χ2v) is 6.46. The van der Waals surface area contributed by atoms with Crippen molar-refractivity contribution in [1.29, 1.82) is 0 Å². The van der Waals surface area contributed by atoms with E-state index >= 15 is 0 Å². The zero-order valence-corrected chi connectivity index (χ0v) is 13.4. The lowest BCUT2D eigenvalue weighted by Crippen LogP contribution is -1.99. The summed E-state index contributed by atoms with van der Waals surface area (Å²) in [4.78, 5) is 0. The molecule has 0 saturated carbocycles. The first-order valence-electron chi connectivity index (χ1n) is 8.51. The molecule has 0 saturated heterocycles. The van der Waals surface area contributed by atoms with Crippen LogP contribution in [-0.4, -0.2) is 0 Å². The monoisotopic (exact) mass is 278 g/mol. The molecular formula is C21H26. The number of hydrogen-bond acceptors (Lipinski definition) is 0. The Morgan fingerprint density at radius 3 is 2.57 bits per heavy atom. The van der Waals surface area contributed by atoms with Gasteiger partial charge in [-0.25, -0.2) is 0 Å². The van der Waals surface area contributed by atoms with Crippen LogP contribution in [0, 0.1) is 0 Å². The summed E-state index contributed by atoms with van der Waals surface area (Å²) in [6.45, 7) is 4.69. The Hall–Kier alpha value is -1.56. The third kappa shape index (κ3) is 2.90. The predicted molar refractivity (Wildman–Crippen MR) is 91.9 cm³/mol. The zero-order valence-electron chi connectivity index (χ0n) is 13.4. The van der Waals surface area contributed by atoms with Crippen LogP contribution in [0.5, 0.6) is 0 Å². The molecule has 0 heterocycles. The predicted octanol–water partition coefficient (Wildman–Crippen LogP) is 6.33. The van der Waals surface area contributed by atoms with Gasteiger partial charge < -0.3 is 0 Å². The molecule has 1 atom stereocenters. The first-order valence-corrected chi connectivity index (χ1v) is 8.51. The number of fused-ring (bicyclic) bond motifs is 3. The highest BCUT2D eigenvalue weighted by atomic mass is 14.3. The van der Waals surface area contributed by atoms with E-state index in [1.165, 1.54) is 48.8 Å². The van der Waals surface area contributed by atoms with E-state index in [-0.39, 0.29) is 0 Å². The molecule has 2 aromatic carbocycles. The summed E-state index contributed by atoms with van der Waals surface area (Å²) in [6, 6.07) is 15.8. The molecule has 0 N–H and O–H groups in total. The Morgan fingerprint density at radius 1 is 0.905 bits per heavy atom. The van der Waals surface area contributed by atoms with Gasteiger partial charge >= 0.3 is 0 Å². The number of hydrogen-bond donors (Lipinski definition) is 0. The van der Waals surface area contributed by atoms with Crippen molar-refractivity contribution in [2.45, 2.75) is 58.3 Å². The molecule has 21 heavy (non-hydrogen) atoms. The summed E-state index contributed by atoms with van der Waals surface area (Å²) in [5.41, 5.74) is 7.59. The molecule has 0 nitrogen and oxygen atoms in total. The van der Waals surface area contributed by atoms with Gasteiger partial charge in [0.25, 0.3) is 0 Å². The van der Waals surface area contributed by atoms with Gasteiger partial charge in [0.1, 0.15) is 0 Å². The average Bonchev–Trinajstić information content (AvgIpc) is 2.90. The molecule has 0 bridgehead atoms. The first-order chi connectivity index (χ1) is 10.3. The van der Waals surface area contributed by atoms with Crippen LogP contribution in [0.1, 0.15) is 68.6 Å². The van der Waals surface area contributed by atoms with E-state index in [0.29, 0.717) is 5.92 Å². The molecule has 0 heteroatoms. The highest BCUT2D eigenvalue weighted by Crippen LogP contribution is 2.40. The SMILES string of the molecule is CCCCCCC(C)c1cccc2c1Cc1ccccc1-2. The molecule has 1 aliphatic rings. The first kappa shape index (κ1) is 14.4. The molecule has 0 aliphatic heterocycles. The van der Waals surface area contributed by atoms with Gasteiger partial charge in [-0.2, -0.15) is 0 Å². The van der Waals surface area contributed by atoms with E-state index in [1.807, 2.05) is 0 Å². The quantitative estimate of drug-likeness (QED) is 0.462. The molecule has 2 aromatic rings. The standard InChI is InChI=1S/C21H26/c1-3-4-5-6-10-16(2)18-13-9-14-20-19-12-8-7-11-17(19)15-21(18)20/h7-9,11-14,16H,3-6,10,15H2,1-2H3. The Labute approximate surface area is 129 Å². The molecule has 110 valence electrons. The summed E-state index contributed by atoms with van der Waals surface area (Å²) in [7, 11) is 0. The van der Waals surface area contributed by atoms with E-state index in [4.69, 9.17) is 0 Å². The minimum atomic E-state index is 0.686. The van der Waals surface area contributed by atoms with Crippen LogP contribution < -0.4 is 0 Å². The van der Waals surface area contributed by atoms with Gasteiger partial charge in [-0.05, 0) is 46.6 Å².